The Labute approximate surface area is 189 Å². The fraction of sp³-hybridized carbons (Fsp3) is 0.318. The average molecular weight is 449 g/mol. The smallest absolute Gasteiger partial charge is 0.276 e. The fourth-order valence-electron chi connectivity index (χ4n) is 3.28. The van der Waals surface area contributed by atoms with Gasteiger partial charge in [0.15, 0.2) is 5.82 Å². The molecule has 2 N–H and O–H groups in total. The van der Waals surface area contributed by atoms with Gasteiger partial charge < -0.3 is 19.9 Å². The molecule has 11 nitrogen and oxygen atoms in total. The maximum atomic E-state index is 12.1. The number of allylic oxidation sites excluding steroid dienone is 3. The van der Waals surface area contributed by atoms with Crippen molar-refractivity contribution in [1.82, 2.24) is 25.8 Å². The van der Waals surface area contributed by atoms with Gasteiger partial charge >= 0.3 is 0 Å². The molecule has 11 heteroatoms. The zero-order valence-corrected chi connectivity index (χ0v) is 18.0. The van der Waals surface area contributed by atoms with E-state index in [4.69, 9.17) is 9.26 Å². The van der Waals surface area contributed by atoms with Crippen LogP contribution in [0.2, 0.25) is 0 Å². The highest BCUT2D eigenvalue weighted by Crippen LogP contribution is 2.27. The van der Waals surface area contributed by atoms with Gasteiger partial charge in [-0.05, 0) is 12.5 Å². The number of methoxy groups -OCH3 is 1. The van der Waals surface area contributed by atoms with Crippen molar-refractivity contribution in [3.63, 3.8) is 0 Å². The highest BCUT2D eigenvalue weighted by Gasteiger charge is 2.26. The van der Waals surface area contributed by atoms with Crippen LogP contribution in [-0.2, 0) is 16.0 Å². The Morgan fingerprint density at radius 1 is 1.21 bits per heavy atom. The number of carbonyl (C=O) groups excluding carboxylic acids is 2. The van der Waals surface area contributed by atoms with Crippen molar-refractivity contribution >= 4 is 11.8 Å². The zero-order valence-electron chi connectivity index (χ0n) is 18.0. The minimum absolute atomic E-state index is 0.105. The maximum absolute atomic E-state index is 12.1. The number of hydrogen-bond acceptors (Lipinski definition) is 9. The number of rotatable bonds is 10. The van der Waals surface area contributed by atoms with Gasteiger partial charge in [-0.15, -0.1) is 10.2 Å². The number of ether oxygens (including phenoxy) is 1. The average Bonchev–Trinajstić information content (AvgIpc) is 3.33. The van der Waals surface area contributed by atoms with E-state index in [1.54, 1.807) is 31.5 Å². The highest BCUT2D eigenvalue weighted by atomic mass is 16.5. The van der Waals surface area contributed by atoms with E-state index in [0.717, 1.165) is 5.57 Å². The van der Waals surface area contributed by atoms with Gasteiger partial charge in [0.25, 0.3) is 5.91 Å². The van der Waals surface area contributed by atoms with Gasteiger partial charge in [-0.2, -0.15) is 4.98 Å². The van der Waals surface area contributed by atoms with Gasteiger partial charge in [0, 0.05) is 49.3 Å². The van der Waals surface area contributed by atoms with Crippen LogP contribution in [0.25, 0.3) is 11.4 Å². The number of azo groups is 1. The topological polar surface area (TPSA) is 144 Å². The van der Waals surface area contributed by atoms with Crippen molar-refractivity contribution in [1.29, 1.82) is 0 Å². The predicted molar refractivity (Wildman–Crippen MR) is 117 cm³/mol. The second-order valence-electron chi connectivity index (χ2n) is 7.30. The minimum Gasteiger partial charge on any atom is -0.481 e. The second kappa shape index (κ2) is 10.4. The van der Waals surface area contributed by atoms with Crippen LogP contribution in [0.15, 0.2) is 68.8 Å². The van der Waals surface area contributed by atoms with Crippen LogP contribution in [0.5, 0.6) is 5.88 Å². The Kier molecular flexibility index (Phi) is 6.98. The lowest BCUT2D eigenvalue weighted by molar-refractivity contribution is -0.121. The van der Waals surface area contributed by atoms with Crippen LogP contribution in [0.3, 0.4) is 0 Å². The summed E-state index contributed by atoms with van der Waals surface area (Å²) in [6, 6.07) is 3.49. The Hall–Kier alpha value is -4.15. The molecule has 4 rings (SSSR count). The molecule has 3 heterocycles. The standard InChI is InChI=1S/C22H23N7O4/c1-32-18-9-7-14(13-25-18)20-26-19(33-29-20)10-8-17(30)23-11-4-12-24-21-15-5-2-3-6-16(15)22(31)28-27-21/h2-3,5-7,9,13,16,24H,4,8,10-12H2,1H3,(H,23,30). The van der Waals surface area contributed by atoms with Crippen LogP contribution in [0, 0.1) is 5.92 Å². The van der Waals surface area contributed by atoms with Crippen molar-refractivity contribution in [3.8, 4) is 17.3 Å². The Balaban J connectivity index is 1.16. The SMILES string of the molecule is COc1ccc(-c2noc(CCC(=O)NCCCNC3=C4C=CC=CC4C(=O)N=N3)n2)cn1. The van der Waals surface area contributed by atoms with E-state index >= 15 is 0 Å². The van der Waals surface area contributed by atoms with Crippen LogP contribution in [0.1, 0.15) is 18.7 Å². The fourth-order valence-corrected chi connectivity index (χ4v) is 3.28. The van der Waals surface area contributed by atoms with Gasteiger partial charge in [0.2, 0.25) is 23.5 Å². The summed E-state index contributed by atoms with van der Waals surface area (Å²) in [4.78, 5) is 32.3. The summed E-state index contributed by atoms with van der Waals surface area (Å²) < 4.78 is 10.2. The normalized spacial score (nSPS) is 16.6. The molecule has 1 aliphatic heterocycles. The van der Waals surface area contributed by atoms with Gasteiger partial charge in [-0.25, -0.2) is 4.98 Å². The van der Waals surface area contributed by atoms with E-state index in [0.29, 0.717) is 54.9 Å². The molecule has 0 radical (unpaired) electrons. The summed E-state index contributed by atoms with van der Waals surface area (Å²) >= 11 is 0. The number of aromatic nitrogens is 3. The van der Waals surface area contributed by atoms with Gasteiger partial charge in [0.05, 0.1) is 13.0 Å². The van der Waals surface area contributed by atoms with Crippen molar-refractivity contribution in [2.75, 3.05) is 20.2 Å². The number of nitrogens with zero attached hydrogens (tertiary/aromatic N) is 5. The number of amides is 2. The second-order valence-corrected chi connectivity index (χ2v) is 7.30. The molecule has 0 saturated heterocycles. The van der Waals surface area contributed by atoms with E-state index < -0.39 is 0 Å². The lowest BCUT2D eigenvalue weighted by Crippen LogP contribution is -2.28. The molecule has 1 aliphatic carbocycles. The van der Waals surface area contributed by atoms with Crippen LogP contribution < -0.4 is 15.4 Å². The first kappa shape index (κ1) is 22.1. The number of nitrogens with one attached hydrogen (secondary N) is 2. The first-order valence-corrected chi connectivity index (χ1v) is 10.5. The van der Waals surface area contributed by atoms with Gasteiger partial charge in [-0.1, -0.05) is 29.5 Å². The third kappa shape index (κ3) is 5.56. The van der Waals surface area contributed by atoms with E-state index in [9.17, 15) is 9.59 Å². The molecule has 1 unspecified atom stereocenters. The Morgan fingerprint density at radius 2 is 2.12 bits per heavy atom. The molecule has 0 spiro atoms. The Bertz CT molecular complexity index is 1130. The summed E-state index contributed by atoms with van der Waals surface area (Å²) in [5.74, 6) is 1.13. The van der Waals surface area contributed by atoms with Crippen LogP contribution >= 0.6 is 0 Å². The third-order valence-corrected chi connectivity index (χ3v) is 5.02. The summed E-state index contributed by atoms with van der Waals surface area (Å²) in [6.45, 7) is 1.08. The van der Waals surface area contributed by atoms with E-state index in [-0.39, 0.29) is 24.2 Å². The first-order valence-electron chi connectivity index (χ1n) is 10.5. The number of pyridine rings is 1. The quantitative estimate of drug-likeness (QED) is 0.525. The minimum atomic E-state index is -0.374. The summed E-state index contributed by atoms with van der Waals surface area (Å²) in [5, 5.41) is 17.6. The maximum Gasteiger partial charge on any atom is 0.276 e. The van der Waals surface area contributed by atoms with Crippen molar-refractivity contribution in [2.24, 2.45) is 16.1 Å². The van der Waals surface area contributed by atoms with E-state index in [1.165, 1.54) is 0 Å². The molecule has 170 valence electrons. The lowest BCUT2D eigenvalue weighted by Gasteiger charge is -2.20. The number of hydrogen-bond donors (Lipinski definition) is 2. The molecular weight excluding hydrogens is 426 g/mol. The largest absolute Gasteiger partial charge is 0.481 e. The molecule has 2 aromatic rings. The van der Waals surface area contributed by atoms with Gasteiger partial charge in [-0.3, -0.25) is 9.59 Å². The van der Waals surface area contributed by atoms with Gasteiger partial charge in [0.1, 0.15) is 0 Å². The summed E-state index contributed by atoms with van der Waals surface area (Å²) in [5.41, 5.74) is 1.51. The molecular formula is C22H23N7O4. The molecule has 0 fully saturated rings. The molecule has 2 aromatic heterocycles. The Morgan fingerprint density at radius 3 is 2.94 bits per heavy atom. The molecule has 1 atom stereocenters. The predicted octanol–water partition coefficient (Wildman–Crippen LogP) is 2.11. The van der Waals surface area contributed by atoms with Crippen molar-refractivity contribution < 1.29 is 18.8 Å². The lowest BCUT2D eigenvalue weighted by atomic mass is 9.93. The van der Waals surface area contributed by atoms with E-state index in [2.05, 4.69) is 36.0 Å². The molecule has 2 amide bonds. The zero-order chi connectivity index (χ0) is 23.0. The molecule has 0 bridgehead atoms. The number of fused-ring (bicyclic) bond motifs is 1. The monoisotopic (exact) mass is 449 g/mol. The number of aryl methyl sites for hydroxylation is 1. The third-order valence-electron chi connectivity index (χ3n) is 5.02. The van der Waals surface area contributed by atoms with Crippen molar-refractivity contribution in [2.45, 2.75) is 19.3 Å². The molecule has 33 heavy (non-hydrogen) atoms. The van der Waals surface area contributed by atoms with Crippen LogP contribution in [-0.4, -0.2) is 47.1 Å². The van der Waals surface area contributed by atoms with Crippen molar-refractivity contribution in [3.05, 3.63) is 59.9 Å². The van der Waals surface area contributed by atoms with Crippen LogP contribution in [0.4, 0.5) is 0 Å². The summed E-state index contributed by atoms with van der Waals surface area (Å²) in [6.07, 6.45) is 10.2. The van der Waals surface area contributed by atoms with E-state index in [1.807, 2.05) is 18.2 Å². The highest BCUT2D eigenvalue weighted by molar-refractivity contribution is 5.86. The molecule has 0 saturated carbocycles. The molecule has 0 aromatic carbocycles. The summed E-state index contributed by atoms with van der Waals surface area (Å²) in [7, 11) is 1.54. The molecule has 2 aliphatic rings. The number of carbonyl (C=O) groups is 2. The first-order chi connectivity index (χ1) is 16.1.